The molecule has 0 aliphatic carbocycles. The van der Waals surface area contributed by atoms with Crippen LogP contribution in [0.15, 0.2) is 15.9 Å². The quantitative estimate of drug-likeness (QED) is 0.397. The standard InChI is InChI=1S/C5H9NS/c1-3-5-7-6-4-2/h3-5H,1-2H3/b5-3+,6-4+. The van der Waals surface area contributed by atoms with Crippen molar-refractivity contribution in [2.75, 3.05) is 0 Å². The van der Waals surface area contributed by atoms with Crippen LogP contribution in [0.5, 0.6) is 0 Å². The van der Waals surface area contributed by atoms with Gasteiger partial charge in [0.25, 0.3) is 0 Å². The highest BCUT2D eigenvalue weighted by Crippen LogP contribution is 2.00. The lowest BCUT2D eigenvalue weighted by molar-refractivity contribution is 1.78. The summed E-state index contributed by atoms with van der Waals surface area (Å²) in [6.45, 7) is 3.87. The van der Waals surface area contributed by atoms with Crippen LogP contribution in [0.1, 0.15) is 13.8 Å². The van der Waals surface area contributed by atoms with Gasteiger partial charge in [0.2, 0.25) is 0 Å². The molecule has 0 aromatic heterocycles. The smallest absolute Gasteiger partial charge is 0.00986 e. The van der Waals surface area contributed by atoms with E-state index >= 15 is 0 Å². The molecule has 0 aliphatic heterocycles. The van der Waals surface area contributed by atoms with Gasteiger partial charge in [-0.2, -0.15) is 0 Å². The molecule has 0 aromatic rings. The summed E-state index contributed by atoms with van der Waals surface area (Å²) in [6.07, 6.45) is 3.72. The van der Waals surface area contributed by atoms with Crippen molar-refractivity contribution in [3.05, 3.63) is 11.5 Å². The Morgan fingerprint density at radius 1 is 1.43 bits per heavy atom. The third-order valence-electron chi connectivity index (χ3n) is 0.363. The van der Waals surface area contributed by atoms with E-state index in [2.05, 4.69) is 4.40 Å². The second-order valence-corrected chi connectivity index (χ2v) is 1.63. The topological polar surface area (TPSA) is 12.4 Å². The predicted molar refractivity (Wildman–Crippen MR) is 36.6 cm³/mol. The van der Waals surface area contributed by atoms with Gasteiger partial charge in [0.05, 0.1) is 0 Å². The molecule has 0 heterocycles. The molecule has 7 heavy (non-hydrogen) atoms. The molecule has 0 spiro atoms. The van der Waals surface area contributed by atoms with Crippen LogP contribution in [0.3, 0.4) is 0 Å². The van der Waals surface area contributed by atoms with Crippen molar-refractivity contribution < 1.29 is 0 Å². The van der Waals surface area contributed by atoms with Crippen molar-refractivity contribution in [1.29, 1.82) is 0 Å². The van der Waals surface area contributed by atoms with Crippen molar-refractivity contribution in [3.8, 4) is 0 Å². The van der Waals surface area contributed by atoms with Crippen molar-refractivity contribution in [1.82, 2.24) is 0 Å². The summed E-state index contributed by atoms with van der Waals surface area (Å²) in [5.41, 5.74) is 0. The first-order valence-corrected chi connectivity index (χ1v) is 3.00. The number of allylic oxidation sites excluding steroid dienone is 1. The second kappa shape index (κ2) is 5.76. The third-order valence-corrected chi connectivity index (χ3v) is 1.09. The van der Waals surface area contributed by atoms with Crippen LogP contribution in [-0.4, -0.2) is 6.21 Å². The van der Waals surface area contributed by atoms with Crippen molar-refractivity contribution in [3.63, 3.8) is 0 Å². The van der Waals surface area contributed by atoms with Crippen LogP contribution >= 0.6 is 11.9 Å². The molecule has 0 fully saturated rings. The maximum Gasteiger partial charge on any atom is 0.00986 e. The molecule has 0 radical (unpaired) electrons. The molecular weight excluding hydrogens is 106 g/mol. The highest BCUT2D eigenvalue weighted by atomic mass is 32.2. The number of hydrogen-bond acceptors (Lipinski definition) is 2. The van der Waals surface area contributed by atoms with Crippen molar-refractivity contribution in [2.45, 2.75) is 13.8 Å². The molecule has 0 aromatic carbocycles. The van der Waals surface area contributed by atoms with E-state index in [4.69, 9.17) is 0 Å². The SMILES string of the molecule is C/C=C/S/N=C/C. The van der Waals surface area contributed by atoms with Gasteiger partial charge in [-0.25, -0.2) is 4.40 Å². The molecule has 0 unspecified atom stereocenters. The Balaban J connectivity index is 2.98. The van der Waals surface area contributed by atoms with Gasteiger partial charge in [-0.1, -0.05) is 6.08 Å². The third kappa shape index (κ3) is 5.76. The molecule has 0 atom stereocenters. The van der Waals surface area contributed by atoms with Gasteiger partial charge < -0.3 is 0 Å². The minimum absolute atomic E-state index is 1.44. The fourth-order valence-electron chi connectivity index (χ4n) is 0.157. The lowest BCUT2D eigenvalue weighted by atomic mass is 10.8. The Hall–Kier alpha value is -0.240. The van der Waals surface area contributed by atoms with Gasteiger partial charge in [-0.15, -0.1) is 0 Å². The van der Waals surface area contributed by atoms with Crippen LogP contribution in [0.25, 0.3) is 0 Å². The molecular formula is C5H9NS. The molecule has 0 bridgehead atoms. The Morgan fingerprint density at radius 2 is 2.14 bits per heavy atom. The summed E-state index contributed by atoms with van der Waals surface area (Å²) >= 11 is 1.44. The Kier molecular flexibility index (Phi) is 5.56. The Labute approximate surface area is 48.7 Å². The molecule has 0 amide bonds. The number of nitrogens with zero attached hydrogens (tertiary/aromatic N) is 1. The lowest BCUT2D eigenvalue weighted by Gasteiger charge is -1.73. The maximum atomic E-state index is 3.87. The van der Waals surface area contributed by atoms with E-state index in [1.54, 1.807) is 6.21 Å². The van der Waals surface area contributed by atoms with Crippen LogP contribution < -0.4 is 0 Å². The summed E-state index contributed by atoms with van der Waals surface area (Å²) in [4.78, 5) is 0. The van der Waals surface area contributed by atoms with Gasteiger partial charge in [0.15, 0.2) is 0 Å². The summed E-state index contributed by atoms with van der Waals surface area (Å²) in [7, 11) is 0. The first-order chi connectivity index (χ1) is 3.41. The van der Waals surface area contributed by atoms with Gasteiger partial charge in [0.1, 0.15) is 0 Å². The zero-order valence-corrected chi connectivity index (χ0v) is 5.40. The van der Waals surface area contributed by atoms with Crippen LogP contribution in [0, 0.1) is 0 Å². The first-order valence-electron chi connectivity index (χ1n) is 2.16. The van der Waals surface area contributed by atoms with E-state index in [1.165, 1.54) is 11.9 Å². The molecule has 0 N–H and O–H groups in total. The maximum absolute atomic E-state index is 3.87. The van der Waals surface area contributed by atoms with E-state index < -0.39 is 0 Å². The fraction of sp³-hybridized carbons (Fsp3) is 0.400. The Bertz CT molecular complexity index is 66.1. The van der Waals surface area contributed by atoms with Crippen molar-refractivity contribution in [2.24, 2.45) is 4.40 Å². The van der Waals surface area contributed by atoms with E-state index in [0.29, 0.717) is 0 Å². The first kappa shape index (κ1) is 6.76. The number of rotatable bonds is 2. The average molecular weight is 115 g/mol. The monoisotopic (exact) mass is 115 g/mol. The molecule has 2 heteroatoms. The van der Waals surface area contributed by atoms with Crippen LogP contribution in [0.2, 0.25) is 0 Å². The lowest BCUT2D eigenvalue weighted by Crippen LogP contribution is -1.48. The minimum atomic E-state index is 1.44. The largest absolute Gasteiger partial charge is 0.225 e. The summed E-state index contributed by atoms with van der Waals surface area (Å²) in [5, 5.41) is 1.93. The molecule has 0 rings (SSSR count). The molecule has 40 valence electrons. The average Bonchev–Trinajstić information content (AvgIpc) is 1.69. The normalized spacial score (nSPS) is 11.7. The van der Waals surface area contributed by atoms with E-state index in [9.17, 15) is 0 Å². The number of hydrogen-bond donors (Lipinski definition) is 0. The van der Waals surface area contributed by atoms with Gasteiger partial charge in [-0.3, -0.25) is 0 Å². The highest BCUT2D eigenvalue weighted by molar-refractivity contribution is 8.01. The second-order valence-electron chi connectivity index (χ2n) is 0.938. The Morgan fingerprint density at radius 3 is 2.57 bits per heavy atom. The van der Waals surface area contributed by atoms with Gasteiger partial charge >= 0.3 is 0 Å². The predicted octanol–water partition coefficient (Wildman–Crippen LogP) is 2.26. The van der Waals surface area contributed by atoms with Gasteiger partial charge in [-0.05, 0) is 19.3 Å². The minimum Gasteiger partial charge on any atom is -0.225 e. The molecule has 0 aliphatic rings. The van der Waals surface area contributed by atoms with Crippen molar-refractivity contribution >= 4 is 18.2 Å². The van der Waals surface area contributed by atoms with E-state index in [1.807, 2.05) is 25.3 Å². The molecule has 0 saturated heterocycles. The van der Waals surface area contributed by atoms with Gasteiger partial charge in [0, 0.05) is 18.2 Å². The summed E-state index contributed by atoms with van der Waals surface area (Å²) < 4.78 is 3.87. The molecule has 1 nitrogen and oxygen atoms in total. The van der Waals surface area contributed by atoms with Crippen LogP contribution in [-0.2, 0) is 0 Å². The van der Waals surface area contributed by atoms with Crippen LogP contribution in [0.4, 0.5) is 0 Å². The summed E-state index contributed by atoms with van der Waals surface area (Å²) in [6, 6.07) is 0. The summed E-state index contributed by atoms with van der Waals surface area (Å²) in [5.74, 6) is 0. The van der Waals surface area contributed by atoms with E-state index in [0.717, 1.165) is 0 Å². The fourth-order valence-corrected chi connectivity index (χ4v) is 0.471. The molecule has 0 saturated carbocycles. The zero-order chi connectivity index (χ0) is 5.54. The highest BCUT2D eigenvalue weighted by Gasteiger charge is 1.62. The van der Waals surface area contributed by atoms with E-state index in [-0.39, 0.29) is 0 Å². The zero-order valence-electron chi connectivity index (χ0n) is 4.59.